The Morgan fingerprint density at radius 1 is 1.15 bits per heavy atom. The maximum Gasteiger partial charge on any atom is 0.269 e. The van der Waals surface area contributed by atoms with Gasteiger partial charge in [0.2, 0.25) is 5.91 Å². The zero-order valence-electron chi connectivity index (χ0n) is 14.6. The minimum atomic E-state index is -0.516. The van der Waals surface area contributed by atoms with E-state index in [0.717, 1.165) is 22.8 Å². The molecular weight excluding hydrogens is 366 g/mol. The van der Waals surface area contributed by atoms with Gasteiger partial charge >= 0.3 is 0 Å². The molecule has 3 rings (SSSR count). The molecule has 2 aromatic carbocycles. The van der Waals surface area contributed by atoms with Crippen LogP contribution in [0.1, 0.15) is 23.2 Å². The van der Waals surface area contributed by atoms with Crippen LogP contribution in [0.5, 0.6) is 0 Å². The van der Waals surface area contributed by atoms with Crippen LogP contribution >= 0.6 is 11.8 Å². The number of nitrogens with zero attached hydrogens (tertiary/aromatic N) is 2. The average Bonchev–Trinajstić information content (AvgIpc) is 2.90. The number of fused-ring (bicyclic) bond motifs is 1. The quantitative estimate of drug-likeness (QED) is 0.630. The number of benzene rings is 2. The van der Waals surface area contributed by atoms with Crippen molar-refractivity contribution in [1.29, 1.82) is 0 Å². The molecule has 0 radical (unpaired) electrons. The fraction of sp³-hybridized carbons (Fsp3) is 0.263. The molecule has 0 atom stereocenters. The third-order valence-electron chi connectivity index (χ3n) is 4.21. The van der Waals surface area contributed by atoms with Crippen LogP contribution in [-0.4, -0.2) is 35.6 Å². The predicted octanol–water partition coefficient (Wildman–Crippen LogP) is 3.24. The second-order valence-electron chi connectivity index (χ2n) is 6.03. The average molecular weight is 385 g/mol. The van der Waals surface area contributed by atoms with Crippen LogP contribution in [0.4, 0.5) is 11.4 Å². The van der Waals surface area contributed by atoms with E-state index in [1.54, 1.807) is 16.7 Å². The maximum absolute atomic E-state index is 12.6. The molecular formula is C19H19N3O4S. The number of nitrogens with one attached hydrogen (secondary N) is 1. The van der Waals surface area contributed by atoms with E-state index in [9.17, 15) is 19.7 Å². The molecule has 140 valence electrons. The fourth-order valence-electron chi connectivity index (χ4n) is 2.84. The molecule has 0 unspecified atom stereocenters. The van der Waals surface area contributed by atoms with E-state index in [2.05, 4.69) is 5.32 Å². The predicted molar refractivity (Wildman–Crippen MR) is 104 cm³/mol. The Bertz CT molecular complexity index is 854. The summed E-state index contributed by atoms with van der Waals surface area (Å²) in [5.41, 5.74) is 1.18. The topological polar surface area (TPSA) is 92.6 Å². The molecule has 1 aliphatic heterocycles. The SMILES string of the molecule is O=C(NCCC(=O)N1CCCSc2ccccc21)c1ccc([N+](=O)[O-])cc1. The first-order chi connectivity index (χ1) is 13.1. The van der Waals surface area contributed by atoms with Crippen LogP contribution in [0.2, 0.25) is 0 Å². The van der Waals surface area contributed by atoms with Gasteiger partial charge in [0.05, 0.1) is 10.6 Å². The molecule has 0 fully saturated rings. The molecule has 0 spiro atoms. The summed E-state index contributed by atoms with van der Waals surface area (Å²) in [4.78, 5) is 37.8. The standard InChI is InChI=1S/C19H19N3O4S/c23-18(21-12-3-13-27-17-5-2-1-4-16(17)21)10-11-20-19(24)14-6-8-15(9-7-14)22(25)26/h1-2,4-9H,3,10-13H2,(H,20,24). The number of amides is 2. The largest absolute Gasteiger partial charge is 0.352 e. The number of anilines is 1. The first-order valence-corrected chi connectivity index (χ1v) is 9.59. The van der Waals surface area contributed by atoms with Gasteiger partial charge in [-0.05, 0) is 36.4 Å². The first-order valence-electron chi connectivity index (χ1n) is 8.61. The number of carbonyl (C=O) groups is 2. The molecule has 1 aliphatic rings. The minimum absolute atomic E-state index is 0.0334. The van der Waals surface area contributed by atoms with Crippen molar-refractivity contribution >= 4 is 35.0 Å². The molecule has 0 saturated carbocycles. The number of para-hydroxylation sites is 1. The lowest BCUT2D eigenvalue weighted by atomic mass is 10.2. The third-order valence-corrected chi connectivity index (χ3v) is 5.35. The van der Waals surface area contributed by atoms with Gasteiger partial charge in [0.1, 0.15) is 0 Å². The minimum Gasteiger partial charge on any atom is -0.352 e. The molecule has 0 bridgehead atoms. The third kappa shape index (κ3) is 4.65. The van der Waals surface area contributed by atoms with E-state index in [-0.39, 0.29) is 30.5 Å². The number of rotatable bonds is 5. The van der Waals surface area contributed by atoms with E-state index in [0.29, 0.717) is 12.1 Å². The van der Waals surface area contributed by atoms with E-state index in [1.807, 2.05) is 24.3 Å². The van der Waals surface area contributed by atoms with E-state index >= 15 is 0 Å². The fourth-order valence-corrected chi connectivity index (χ4v) is 3.84. The highest BCUT2D eigenvalue weighted by Crippen LogP contribution is 2.33. The highest BCUT2D eigenvalue weighted by molar-refractivity contribution is 7.99. The maximum atomic E-state index is 12.6. The number of hydrogen-bond donors (Lipinski definition) is 1. The van der Waals surface area contributed by atoms with E-state index in [4.69, 9.17) is 0 Å². The molecule has 2 amide bonds. The van der Waals surface area contributed by atoms with Crippen molar-refractivity contribution in [2.45, 2.75) is 17.7 Å². The van der Waals surface area contributed by atoms with Crippen molar-refractivity contribution in [2.75, 3.05) is 23.7 Å². The molecule has 0 saturated heterocycles. The zero-order chi connectivity index (χ0) is 19.2. The normalized spacial score (nSPS) is 13.4. The second kappa shape index (κ2) is 8.68. The molecule has 1 heterocycles. The summed E-state index contributed by atoms with van der Waals surface area (Å²) in [5, 5.41) is 13.3. The van der Waals surface area contributed by atoms with Crippen molar-refractivity contribution in [3.05, 3.63) is 64.2 Å². The smallest absolute Gasteiger partial charge is 0.269 e. The van der Waals surface area contributed by atoms with Crippen molar-refractivity contribution in [1.82, 2.24) is 5.32 Å². The summed E-state index contributed by atoms with van der Waals surface area (Å²) in [6, 6.07) is 13.2. The number of carbonyl (C=O) groups excluding carboxylic acids is 2. The Labute approximate surface area is 160 Å². The summed E-state index contributed by atoms with van der Waals surface area (Å²) < 4.78 is 0. The van der Waals surface area contributed by atoms with E-state index < -0.39 is 4.92 Å². The Kier molecular flexibility index (Phi) is 6.08. The van der Waals surface area contributed by atoms with Gasteiger partial charge in [-0.2, -0.15) is 0 Å². The molecule has 8 heteroatoms. The lowest BCUT2D eigenvalue weighted by molar-refractivity contribution is -0.384. The van der Waals surface area contributed by atoms with Crippen LogP contribution in [0.3, 0.4) is 0 Å². The second-order valence-corrected chi connectivity index (χ2v) is 7.16. The van der Waals surface area contributed by atoms with Crippen LogP contribution < -0.4 is 10.2 Å². The van der Waals surface area contributed by atoms with Crippen LogP contribution in [-0.2, 0) is 4.79 Å². The summed E-state index contributed by atoms with van der Waals surface area (Å²) in [6.45, 7) is 0.875. The van der Waals surface area contributed by atoms with Crippen LogP contribution in [0, 0.1) is 10.1 Å². The van der Waals surface area contributed by atoms with Crippen molar-refractivity contribution in [3.8, 4) is 0 Å². The molecule has 7 nitrogen and oxygen atoms in total. The molecule has 0 aliphatic carbocycles. The zero-order valence-corrected chi connectivity index (χ0v) is 15.4. The van der Waals surface area contributed by atoms with Crippen LogP contribution in [0.25, 0.3) is 0 Å². The Morgan fingerprint density at radius 2 is 1.89 bits per heavy atom. The number of nitro groups is 1. The first kappa shape index (κ1) is 18.9. The number of nitro benzene ring substituents is 1. The molecule has 2 aromatic rings. The lowest BCUT2D eigenvalue weighted by Gasteiger charge is -2.22. The summed E-state index contributed by atoms with van der Waals surface area (Å²) in [7, 11) is 0. The van der Waals surface area contributed by atoms with Gasteiger partial charge < -0.3 is 10.2 Å². The summed E-state index contributed by atoms with van der Waals surface area (Å²) in [5.74, 6) is 0.580. The van der Waals surface area contributed by atoms with Crippen molar-refractivity contribution in [3.63, 3.8) is 0 Å². The Morgan fingerprint density at radius 3 is 2.63 bits per heavy atom. The monoisotopic (exact) mass is 385 g/mol. The number of non-ortho nitro benzene ring substituents is 1. The van der Waals surface area contributed by atoms with Crippen molar-refractivity contribution in [2.24, 2.45) is 0 Å². The van der Waals surface area contributed by atoms with Gasteiger partial charge in [-0.3, -0.25) is 19.7 Å². The van der Waals surface area contributed by atoms with Gasteiger partial charge in [-0.1, -0.05) is 12.1 Å². The Hall–Kier alpha value is -2.87. The Balaban J connectivity index is 1.56. The van der Waals surface area contributed by atoms with Gasteiger partial charge in [-0.25, -0.2) is 0 Å². The van der Waals surface area contributed by atoms with Gasteiger partial charge in [0, 0.05) is 42.1 Å². The van der Waals surface area contributed by atoms with Crippen molar-refractivity contribution < 1.29 is 14.5 Å². The van der Waals surface area contributed by atoms with E-state index in [1.165, 1.54) is 24.3 Å². The lowest BCUT2D eigenvalue weighted by Crippen LogP contribution is -2.35. The summed E-state index contributed by atoms with van der Waals surface area (Å²) >= 11 is 1.75. The highest BCUT2D eigenvalue weighted by Gasteiger charge is 2.21. The number of hydrogen-bond acceptors (Lipinski definition) is 5. The highest BCUT2D eigenvalue weighted by atomic mass is 32.2. The molecule has 1 N–H and O–H groups in total. The van der Waals surface area contributed by atoms with Gasteiger partial charge in [0.25, 0.3) is 11.6 Å². The molecule has 27 heavy (non-hydrogen) atoms. The van der Waals surface area contributed by atoms with Crippen LogP contribution in [0.15, 0.2) is 53.4 Å². The molecule has 0 aromatic heterocycles. The van der Waals surface area contributed by atoms with Gasteiger partial charge in [0.15, 0.2) is 0 Å². The summed E-state index contributed by atoms with van der Waals surface area (Å²) in [6.07, 6.45) is 1.11. The number of thioether (sulfide) groups is 1. The van der Waals surface area contributed by atoms with Gasteiger partial charge in [-0.15, -0.1) is 11.8 Å².